The summed E-state index contributed by atoms with van der Waals surface area (Å²) in [6.45, 7) is 1.70. The molecule has 0 aliphatic heterocycles. The van der Waals surface area contributed by atoms with Crippen LogP contribution in [0.1, 0.15) is 30.6 Å². The van der Waals surface area contributed by atoms with Crippen molar-refractivity contribution in [3.8, 4) is 0 Å². The van der Waals surface area contributed by atoms with E-state index in [-0.39, 0.29) is 18.1 Å². The molecule has 0 aromatic heterocycles. The standard InChI is InChI=1S/C12H14F4O2/c1-7(18-2)5-11(17)8-3-4-9(10(13)6-8)12(14,15)16/h3-4,6-7,11,17H,5H2,1-2H3. The Balaban J connectivity index is 2.91. The van der Waals surface area contributed by atoms with Crippen molar-refractivity contribution >= 4 is 0 Å². The minimum absolute atomic E-state index is 0.101. The van der Waals surface area contributed by atoms with Crippen molar-refractivity contribution in [3.63, 3.8) is 0 Å². The molecule has 6 heteroatoms. The van der Waals surface area contributed by atoms with E-state index in [0.29, 0.717) is 12.1 Å². The molecule has 102 valence electrons. The number of aliphatic hydroxyl groups is 1. The molecule has 1 rings (SSSR count). The fraction of sp³-hybridized carbons (Fsp3) is 0.500. The molecule has 2 nitrogen and oxygen atoms in total. The Hall–Kier alpha value is -1.14. The largest absolute Gasteiger partial charge is 0.419 e. The van der Waals surface area contributed by atoms with E-state index in [1.165, 1.54) is 7.11 Å². The molecule has 2 unspecified atom stereocenters. The third-order valence-corrected chi connectivity index (χ3v) is 2.64. The molecule has 2 atom stereocenters. The number of hydrogen-bond donors (Lipinski definition) is 1. The molecule has 1 N–H and O–H groups in total. The van der Waals surface area contributed by atoms with Gasteiger partial charge in [0.1, 0.15) is 5.82 Å². The maximum absolute atomic E-state index is 13.3. The predicted octanol–water partition coefficient (Wildman–Crippen LogP) is 3.30. The van der Waals surface area contributed by atoms with Crippen molar-refractivity contribution < 1.29 is 27.4 Å². The summed E-state index contributed by atoms with van der Waals surface area (Å²) in [5, 5.41) is 9.71. The van der Waals surface area contributed by atoms with Gasteiger partial charge in [-0.15, -0.1) is 0 Å². The second kappa shape index (κ2) is 5.67. The van der Waals surface area contributed by atoms with Crippen molar-refractivity contribution in [2.24, 2.45) is 0 Å². The van der Waals surface area contributed by atoms with E-state index < -0.39 is 23.7 Å². The topological polar surface area (TPSA) is 29.5 Å². The van der Waals surface area contributed by atoms with Crippen molar-refractivity contribution in [1.29, 1.82) is 0 Å². The van der Waals surface area contributed by atoms with Crippen molar-refractivity contribution in [1.82, 2.24) is 0 Å². The number of hydrogen-bond acceptors (Lipinski definition) is 2. The van der Waals surface area contributed by atoms with Crippen LogP contribution in [0, 0.1) is 5.82 Å². The maximum Gasteiger partial charge on any atom is 0.419 e. The zero-order chi connectivity index (χ0) is 13.9. The highest BCUT2D eigenvalue weighted by Crippen LogP contribution is 2.33. The van der Waals surface area contributed by atoms with Crippen LogP contribution in [0.15, 0.2) is 18.2 Å². The van der Waals surface area contributed by atoms with Gasteiger partial charge in [0, 0.05) is 13.5 Å². The van der Waals surface area contributed by atoms with Crippen LogP contribution < -0.4 is 0 Å². The highest BCUT2D eigenvalue weighted by molar-refractivity contribution is 5.27. The number of aliphatic hydroxyl groups excluding tert-OH is 1. The van der Waals surface area contributed by atoms with Gasteiger partial charge in [-0.05, 0) is 24.6 Å². The normalized spacial score (nSPS) is 15.5. The summed E-state index contributed by atoms with van der Waals surface area (Å²) >= 11 is 0. The lowest BCUT2D eigenvalue weighted by atomic mass is 10.0. The van der Waals surface area contributed by atoms with Crippen LogP contribution in [0.5, 0.6) is 0 Å². The first-order valence-electron chi connectivity index (χ1n) is 5.33. The van der Waals surface area contributed by atoms with Gasteiger partial charge in [-0.3, -0.25) is 0 Å². The van der Waals surface area contributed by atoms with Crippen LogP contribution in [0.2, 0.25) is 0 Å². The van der Waals surface area contributed by atoms with Crippen LogP contribution in [0.25, 0.3) is 0 Å². The molecular weight excluding hydrogens is 252 g/mol. The summed E-state index contributed by atoms with van der Waals surface area (Å²) in [5.41, 5.74) is -1.23. The van der Waals surface area contributed by atoms with Gasteiger partial charge >= 0.3 is 6.18 Å². The molecule has 0 radical (unpaired) electrons. The zero-order valence-corrected chi connectivity index (χ0v) is 9.96. The smallest absolute Gasteiger partial charge is 0.388 e. The molecule has 0 spiro atoms. The van der Waals surface area contributed by atoms with Gasteiger partial charge in [0.2, 0.25) is 0 Å². The van der Waals surface area contributed by atoms with Gasteiger partial charge < -0.3 is 9.84 Å². The molecule has 0 heterocycles. The summed E-state index contributed by atoms with van der Waals surface area (Å²) in [6, 6.07) is 2.40. The Labute approximate surface area is 102 Å². The highest BCUT2D eigenvalue weighted by atomic mass is 19.4. The van der Waals surface area contributed by atoms with E-state index in [1.54, 1.807) is 6.92 Å². The van der Waals surface area contributed by atoms with E-state index in [4.69, 9.17) is 4.74 Å². The molecule has 0 aliphatic rings. The Bertz CT molecular complexity index is 404. The number of methoxy groups -OCH3 is 1. The molecule has 1 aromatic carbocycles. The molecular formula is C12H14F4O2. The number of ether oxygens (including phenoxy) is 1. The average Bonchev–Trinajstić information content (AvgIpc) is 2.26. The third kappa shape index (κ3) is 3.68. The lowest BCUT2D eigenvalue weighted by molar-refractivity contribution is -0.140. The van der Waals surface area contributed by atoms with Crippen LogP contribution in [0.4, 0.5) is 17.6 Å². The van der Waals surface area contributed by atoms with Crippen LogP contribution in [-0.2, 0) is 10.9 Å². The van der Waals surface area contributed by atoms with Crippen LogP contribution >= 0.6 is 0 Å². The fourth-order valence-corrected chi connectivity index (χ4v) is 1.52. The van der Waals surface area contributed by atoms with Crippen molar-refractivity contribution in [2.45, 2.75) is 31.7 Å². The molecule has 0 bridgehead atoms. The Morgan fingerprint density at radius 2 is 1.94 bits per heavy atom. The van der Waals surface area contributed by atoms with E-state index in [1.807, 2.05) is 0 Å². The maximum atomic E-state index is 13.3. The SMILES string of the molecule is COC(C)CC(O)c1ccc(C(F)(F)F)c(F)c1. The minimum Gasteiger partial charge on any atom is -0.388 e. The van der Waals surface area contributed by atoms with E-state index in [2.05, 4.69) is 0 Å². The number of halogens is 4. The first-order chi connectivity index (χ1) is 8.25. The Morgan fingerprint density at radius 1 is 1.33 bits per heavy atom. The van der Waals surface area contributed by atoms with Gasteiger partial charge in [-0.1, -0.05) is 6.07 Å². The van der Waals surface area contributed by atoms with Crippen LogP contribution in [0.3, 0.4) is 0 Å². The number of benzene rings is 1. The van der Waals surface area contributed by atoms with E-state index in [9.17, 15) is 22.7 Å². The van der Waals surface area contributed by atoms with Crippen molar-refractivity contribution in [2.75, 3.05) is 7.11 Å². The van der Waals surface area contributed by atoms with Gasteiger partial charge in [0.05, 0.1) is 17.8 Å². The molecule has 18 heavy (non-hydrogen) atoms. The fourth-order valence-electron chi connectivity index (χ4n) is 1.52. The molecule has 1 aromatic rings. The monoisotopic (exact) mass is 266 g/mol. The summed E-state index contributed by atoms with van der Waals surface area (Å²) in [5.74, 6) is -1.39. The van der Waals surface area contributed by atoms with Gasteiger partial charge in [-0.25, -0.2) is 4.39 Å². The molecule has 0 aliphatic carbocycles. The lowest BCUT2D eigenvalue weighted by Crippen LogP contribution is -2.13. The van der Waals surface area contributed by atoms with Crippen LogP contribution in [-0.4, -0.2) is 18.3 Å². The minimum atomic E-state index is -4.73. The summed E-state index contributed by atoms with van der Waals surface area (Å²) in [6.07, 6.45) is -5.88. The molecule has 0 fully saturated rings. The highest BCUT2D eigenvalue weighted by Gasteiger charge is 2.34. The van der Waals surface area contributed by atoms with Crippen molar-refractivity contribution in [3.05, 3.63) is 35.1 Å². The van der Waals surface area contributed by atoms with Gasteiger partial charge in [0.25, 0.3) is 0 Å². The Kier molecular flexibility index (Phi) is 4.70. The average molecular weight is 266 g/mol. The first kappa shape index (κ1) is 14.9. The summed E-state index contributed by atoms with van der Waals surface area (Å²) in [4.78, 5) is 0. The second-order valence-corrected chi connectivity index (χ2v) is 4.03. The van der Waals surface area contributed by atoms with Gasteiger partial charge in [-0.2, -0.15) is 13.2 Å². The summed E-state index contributed by atoms with van der Waals surface area (Å²) in [7, 11) is 1.45. The number of rotatable bonds is 4. The Morgan fingerprint density at radius 3 is 2.39 bits per heavy atom. The number of alkyl halides is 3. The molecule has 0 saturated carbocycles. The zero-order valence-electron chi connectivity index (χ0n) is 9.96. The van der Waals surface area contributed by atoms with E-state index >= 15 is 0 Å². The third-order valence-electron chi connectivity index (χ3n) is 2.64. The van der Waals surface area contributed by atoms with E-state index in [0.717, 1.165) is 6.07 Å². The lowest BCUT2D eigenvalue weighted by Gasteiger charge is -2.16. The molecule has 0 amide bonds. The summed E-state index contributed by atoms with van der Waals surface area (Å²) < 4.78 is 55.2. The molecule has 0 saturated heterocycles. The second-order valence-electron chi connectivity index (χ2n) is 4.03. The quantitative estimate of drug-likeness (QED) is 0.847. The first-order valence-corrected chi connectivity index (χ1v) is 5.33. The van der Waals surface area contributed by atoms with Gasteiger partial charge in [0.15, 0.2) is 0 Å². The predicted molar refractivity (Wildman–Crippen MR) is 57.4 cm³/mol.